The Balaban J connectivity index is 1.48. The average Bonchev–Trinajstić information content (AvgIpc) is 3.39. The molecule has 3 aromatic rings. The second-order valence-electron chi connectivity index (χ2n) is 7.31. The van der Waals surface area contributed by atoms with Crippen LogP contribution < -0.4 is 15.2 Å². The summed E-state index contributed by atoms with van der Waals surface area (Å²) in [6.07, 6.45) is 3.53. The fraction of sp³-hybridized carbons (Fsp3) is 0.450. The molecule has 0 spiro atoms. The van der Waals surface area contributed by atoms with Gasteiger partial charge in [-0.25, -0.2) is 14.6 Å². The molecule has 1 atom stereocenters. The average molecular weight is 463 g/mol. The van der Waals surface area contributed by atoms with E-state index in [1.807, 2.05) is 11.8 Å². The maximum absolute atomic E-state index is 12.3. The fourth-order valence-corrected chi connectivity index (χ4v) is 3.93. The molecule has 1 saturated heterocycles. The quantitative estimate of drug-likeness (QED) is 0.525. The number of rotatable bonds is 8. The number of aliphatic hydroxyl groups is 1. The maximum atomic E-state index is 12.3. The third-order valence-electron chi connectivity index (χ3n) is 5.16. The Morgan fingerprint density at radius 1 is 1.38 bits per heavy atom. The maximum Gasteiger partial charge on any atom is 0.287 e. The minimum Gasteiger partial charge on any atom is -0.472 e. The number of aromatic nitrogens is 5. The van der Waals surface area contributed by atoms with Gasteiger partial charge < -0.3 is 24.0 Å². The van der Waals surface area contributed by atoms with E-state index in [0.717, 1.165) is 16.7 Å². The Morgan fingerprint density at radius 3 is 3.00 bits per heavy atom. The Hall–Kier alpha value is -3.02. The monoisotopic (exact) mass is 462 g/mol. The summed E-state index contributed by atoms with van der Waals surface area (Å²) in [7, 11) is 1.59. The van der Waals surface area contributed by atoms with Crippen LogP contribution in [0.2, 0.25) is 5.02 Å². The molecule has 0 aromatic carbocycles. The van der Waals surface area contributed by atoms with Gasteiger partial charge in [0.05, 0.1) is 49.4 Å². The van der Waals surface area contributed by atoms with Gasteiger partial charge in [-0.1, -0.05) is 16.8 Å². The lowest BCUT2D eigenvalue weighted by atomic mass is 10.1. The van der Waals surface area contributed by atoms with Gasteiger partial charge in [0.15, 0.2) is 0 Å². The van der Waals surface area contributed by atoms with Crippen LogP contribution >= 0.6 is 11.6 Å². The molecule has 4 rings (SSSR count). The number of aryl methyl sites for hydroxylation is 1. The number of aliphatic hydroxyl groups excluding tert-OH is 1. The first kappa shape index (κ1) is 22.2. The summed E-state index contributed by atoms with van der Waals surface area (Å²) in [6.45, 7) is 3.19. The van der Waals surface area contributed by atoms with Crippen molar-refractivity contribution in [3.8, 4) is 17.1 Å². The number of nitrogens with zero attached hydrogens (tertiary/aromatic N) is 6. The lowest BCUT2D eigenvalue weighted by molar-refractivity contribution is 0.177. The summed E-state index contributed by atoms with van der Waals surface area (Å²) in [5.41, 5.74) is 2.16. The van der Waals surface area contributed by atoms with E-state index in [0.29, 0.717) is 48.4 Å². The molecular weight excluding hydrogens is 440 g/mol. The summed E-state index contributed by atoms with van der Waals surface area (Å²) in [4.78, 5) is 22.8. The molecule has 0 amide bonds. The predicted octanol–water partition coefficient (Wildman–Crippen LogP) is 1.45. The molecule has 3 aromatic heterocycles. The van der Waals surface area contributed by atoms with Crippen molar-refractivity contribution in [3.63, 3.8) is 0 Å². The summed E-state index contributed by atoms with van der Waals surface area (Å²) in [5.74, 6) is 1.06. The summed E-state index contributed by atoms with van der Waals surface area (Å²) >= 11 is 6.27. The van der Waals surface area contributed by atoms with Crippen molar-refractivity contribution in [2.45, 2.75) is 32.6 Å². The molecule has 0 aliphatic carbocycles. The number of methoxy groups -OCH3 is 1. The molecule has 1 aliphatic rings. The standard InChI is InChI=1S/C20H23ClN6O5/c1-12-18(15(10-30-2)25-32-12)14-7-17(23-11-22-14)31-13-3-4-26(9-13)16-8-24-27(5-6-28)20(29)19(16)21/h7-8,11,13,28H,3-6,9-10H2,1-2H3/t13-/m1/s1. The van der Waals surface area contributed by atoms with Gasteiger partial charge in [0.1, 0.15) is 28.9 Å². The Labute approximate surface area is 188 Å². The zero-order valence-electron chi connectivity index (χ0n) is 17.7. The Morgan fingerprint density at radius 2 is 2.22 bits per heavy atom. The summed E-state index contributed by atoms with van der Waals surface area (Å²) in [5, 5.41) is 17.2. The first-order valence-electron chi connectivity index (χ1n) is 10.1. The first-order valence-corrected chi connectivity index (χ1v) is 10.4. The second-order valence-corrected chi connectivity index (χ2v) is 7.68. The molecule has 1 aliphatic heterocycles. The van der Waals surface area contributed by atoms with Gasteiger partial charge in [0.2, 0.25) is 5.88 Å². The van der Waals surface area contributed by atoms with Crippen LogP contribution in [0.4, 0.5) is 5.69 Å². The van der Waals surface area contributed by atoms with E-state index in [4.69, 9.17) is 30.7 Å². The number of hydrogen-bond acceptors (Lipinski definition) is 10. The predicted molar refractivity (Wildman–Crippen MR) is 115 cm³/mol. The van der Waals surface area contributed by atoms with Crippen LogP contribution in [0.5, 0.6) is 5.88 Å². The van der Waals surface area contributed by atoms with Gasteiger partial charge >= 0.3 is 0 Å². The molecule has 0 radical (unpaired) electrons. The highest BCUT2D eigenvalue weighted by molar-refractivity contribution is 6.33. The molecule has 12 heteroatoms. The van der Waals surface area contributed by atoms with Crippen molar-refractivity contribution in [2.24, 2.45) is 0 Å². The van der Waals surface area contributed by atoms with Gasteiger partial charge in [0, 0.05) is 26.1 Å². The van der Waals surface area contributed by atoms with E-state index in [9.17, 15) is 4.79 Å². The van der Waals surface area contributed by atoms with E-state index in [1.165, 1.54) is 12.5 Å². The van der Waals surface area contributed by atoms with Crippen molar-refractivity contribution in [3.05, 3.63) is 45.4 Å². The van der Waals surface area contributed by atoms with E-state index in [1.54, 1.807) is 13.2 Å². The first-order chi connectivity index (χ1) is 15.5. The second kappa shape index (κ2) is 9.63. The molecule has 11 nitrogen and oxygen atoms in total. The fourth-order valence-electron chi connectivity index (χ4n) is 3.67. The molecule has 0 saturated carbocycles. The van der Waals surface area contributed by atoms with E-state index in [2.05, 4.69) is 20.2 Å². The Kier molecular flexibility index (Phi) is 6.68. The van der Waals surface area contributed by atoms with Crippen molar-refractivity contribution in [1.82, 2.24) is 24.9 Å². The molecule has 32 heavy (non-hydrogen) atoms. The third-order valence-corrected chi connectivity index (χ3v) is 5.52. The molecular formula is C20H23ClN6O5. The van der Waals surface area contributed by atoms with Gasteiger partial charge in [0.25, 0.3) is 5.56 Å². The van der Waals surface area contributed by atoms with Crippen molar-refractivity contribution >= 4 is 17.3 Å². The van der Waals surface area contributed by atoms with Crippen molar-refractivity contribution in [1.29, 1.82) is 0 Å². The van der Waals surface area contributed by atoms with Crippen LogP contribution in [-0.4, -0.2) is 62.9 Å². The van der Waals surface area contributed by atoms with E-state index in [-0.39, 0.29) is 24.3 Å². The number of hydrogen-bond donors (Lipinski definition) is 1. The molecule has 0 unspecified atom stereocenters. The SMILES string of the molecule is COCc1noc(C)c1-c1cc(O[C@@H]2CCN(c3cnn(CCO)c(=O)c3Cl)C2)ncn1. The van der Waals surface area contributed by atoms with Crippen LogP contribution in [0.3, 0.4) is 0 Å². The van der Waals surface area contributed by atoms with Crippen molar-refractivity contribution in [2.75, 3.05) is 31.7 Å². The van der Waals surface area contributed by atoms with Crippen LogP contribution in [0, 0.1) is 6.92 Å². The summed E-state index contributed by atoms with van der Waals surface area (Å²) in [6, 6.07) is 1.74. The zero-order valence-corrected chi connectivity index (χ0v) is 18.4. The lowest BCUT2D eigenvalue weighted by Gasteiger charge is -2.20. The highest BCUT2D eigenvalue weighted by Gasteiger charge is 2.28. The van der Waals surface area contributed by atoms with E-state index < -0.39 is 5.56 Å². The molecule has 170 valence electrons. The Bertz CT molecular complexity index is 1150. The molecule has 1 fully saturated rings. The lowest BCUT2D eigenvalue weighted by Crippen LogP contribution is -2.30. The van der Waals surface area contributed by atoms with Crippen LogP contribution in [-0.2, 0) is 17.9 Å². The van der Waals surface area contributed by atoms with E-state index >= 15 is 0 Å². The minimum absolute atomic E-state index is 0.0760. The van der Waals surface area contributed by atoms with Crippen LogP contribution in [0.15, 0.2) is 27.9 Å². The zero-order chi connectivity index (χ0) is 22.7. The number of anilines is 1. The van der Waals surface area contributed by atoms with Crippen LogP contribution in [0.25, 0.3) is 11.3 Å². The van der Waals surface area contributed by atoms with Crippen molar-refractivity contribution < 1.29 is 19.1 Å². The smallest absolute Gasteiger partial charge is 0.287 e. The van der Waals surface area contributed by atoms with Gasteiger partial charge in [-0.15, -0.1) is 0 Å². The highest BCUT2D eigenvalue weighted by Crippen LogP contribution is 2.30. The van der Waals surface area contributed by atoms with Gasteiger partial charge in [-0.05, 0) is 6.92 Å². The minimum atomic E-state index is -0.431. The van der Waals surface area contributed by atoms with Crippen LogP contribution in [0.1, 0.15) is 17.9 Å². The van der Waals surface area contributed by atoms with Gasteiger partial charge in [-0.2, -0.15) is 5.10 Å². The largest absolute Gasteiger partial charge is 0.472 e. The summed E-state index contributed by atoms with van der Waals surface area (Å²) < 4.78 is 17.7. The number of halogens is 1. The molecule has 1 N–H and O–H groups in total. The normalized spacial score (nSPS) is 16.0. The van der Waals surface area contributed by atoms with Gasteiger partial charge in [-0.3, -0.25) is 4.79 Å². The number of ether oxygens (including phenoxy) is 2. The topological polar surface area (TPSA) is 129 Å². The molecule has 0 bridgehead atoms. The third kappa shape index (κ3) is 4.45. The molecule has 4 heterocycles. The highest BCUT2D eigenvalue weighted by atomic mass is 35.5.